The molecule has 5 aromatic rings. The monoisotopic (exact) mass is 1700 g/mol. The summed E-state index contributed by atoms with van der Waals surface area (Å²) in [6, 6.07) is -0.963. The molecule has 1 unspecified atom stereocenters. The molecule has 0 radical (unpaired) electrons. The van der Waals surface area contributed by atoms with Crippen LogP contribution in [0.2, 0.25) is 10.0 Å². The predicted octanol–water partition coefficient (Wildman–Crippen LogP) is 2.50. The Morgan fingerprint density at radius 2 is 1.31 bits per heavy atom. The maximum Gasteiger partial charge on any atom is 0.330 e. The van der Waals surface area contributed by atoms with Crippen molar-refractivity contribution in [3.63, 3.8) is 0 Å². The normalized spacial score (nSPS) is 27.1. The number of hydrogen-bond acceptors (Lipinski definition) is 28. The highest BCUT2D eigenvalue weighted by atomic mass is 35.5. The molecule has 119 heavy (non-hydrogen) atoms. The maximum atomic E-state index is 16.3. The number of rotatable bonds is 29. The number of fused-ring (bicyclic) bond motifs is 15. The molecule has 2 fully saturated rings. The third-order valence-electron chi connectivity index (χ3n) is 21.7. The number of nitrogens with two attached hydrogens (primary N) is 2. The Balaban J connectivity index is 1.16. The third kappa shape index (κ3) is 22.3. The van der Waals surface area contributed by atoms with Crippen molar-refractivity contribution in [1.29, 1.82) is 0 Å². The van der Waals surface area contributed by atoms with Gasteiger partial charge in [0.2, 0.25) is 53.4 Å². The second kappa shape index (κ2) is 40.8. The summed E-state index contributed by atoms with van der Waals surface area (Å²) < 4.78 is 39.8. The largest absolute Gasteiger partial charge is 0.508 e. The lowest BCUT2D eigenvalue weighted by Crippen LogP contribution is -2.66. The van der Waals surface area contributed by atoms with Crippen LogP contribution in [0.4, 0.5) is 0 Å². The van der Waals surface area contributed by atoms with E-state index in [9.17, 15) is 75.3 Å². The first-order valence-corrected chi connectivity index (χ1v) is 40.3. The number of ether oxygens (including phenoxy) is 6. The number of nitrogens with zero attached hydrogens (tertiary/aromatic N) is 1. The van der Waals surface area contributed by atoms with Crippen LogP contribution in [0.5, 0.6) is 46.0 Å². The molecule has 7 aliphatic heterocycles. The Morgan fingerprint density at radius 3 is 1.92 bits per heavy atom. The summed E-state index contributed by atoms with van der Waals surface area (Å²) in [5.41, 5.74) is 8.04. The molecule has 0 spiro atoms. The molecule has 38 heteroatoms. The van der Waals surface area contributed by atoms with Gasteiger partial charge in [-0.25, -0.2) is 4.79 Å². The van der Waals surface area contributed by atoms with Crippen LogP contribution in [0, 0.1) is 5.92 Å². The number of nitrogens with one attached hydrogen (secondary N) is 8. The van der Waals surface area contributed by atoms with E-state index >= 15 is 19.2 Å². The number of aromatic hydroxyl groups is 3. The number of benzene rings is 5. The van der Waals surface area contributed by atoms with Crippen LogP contribution < -0.4 is 68.2 Å². The van der Waals surface area contributed by atoms with Crippen LogP contribution in [0.25, 0.3) is 11.1 Å². The summed E-state index contributed by atoms with van der Waals surface area (Å²) in [6.07, 6.45) is -10.2. The van der Waals surface area contributed by atoms with Crippen LogP contribution in [0.3, 0.4) is 0 Å². The molecule has 7 amide bonds. The number of carbonyl (C=O) groups excluding carboxylic acids is 7. The number of aliphatic hydroxyl groups excluding tert-OH is 7. The van der Waals surface area contributed by atoms with Crippen molar-refractivity contribution >= 4 is 70.5 Å². The SMILES string of the molecule is CCCCCCCCCCNCCN[C@@]1(C)C[C@H](O[C@H]2[C@H](Oc3c4cc5cc3Oc3ccc(cc3Cl)[C@@H](O)[C@@H](NC(=O)[C@@H](CC(C)C)N(C)CC(O)CO)C(=O)N[C@@H](CC(N)=O)C(=O)N[C@H]5C(=O)N[C@H]3C(=O)N[C@H](C(=O)N[C@H](C(=O)O)c5cc(O)cc(O)c5-c5cc3ccc5O)[C@H](O)c3ccc(c(Cl)c3)O4)O[C@H](CN)[C@@H](O)[C@@H]2O)O[C@@H](C)[C@H]1O. The topological polar surface area (TPSA) is 566 Å². The Bertz CT molecular complexity index is 4480. The van der Waals surface area contributed by atoms with Gasteiger partial charge < -0.3 is 139 Å². The van der Waals surface area contributed by atoms with Crippen LogP contribution in [0.15, 0.2) is 78.9 Å². The Morgan fingerprint density at radius 1 is 0.697 bits per heavy atom. The van der Waals surface area contributed by atoms with Gasteiger partial charge in [0.1, 0.15) is 89.5 Å². The number of aliphatic carboxylic acids is 1. The standard InChI is InChI=1S/C81H107Cl2N11O25/c1-7-8-9-10-11-12-13-14-21-86-22-23-87-81(5)33-59(114-38(4)72(81)105)118-71-69(104)68(103)57(34-84)117-80(71)119-70-55-28-42-29-56(70)116-54-20-17-41(27-48(54)83)67(102)65-78(111)91-63(79(112)113)46-30-43(96)31-52(99)60(46)45-25-39(15-18-51(45)98)61(75(108)93-65)90-76(109)62(42)89-73(106)49(32-58(85)100)88-77(110)64(66(101)40-16-19-53(115-55)47(82)26-40)92-74(107)50(24-37(2)3)94(6)35-44(97)36-95/h15-20,25-31,37-38,44,49-50,57,59,61-69,71-72,80,86-87,95-99,101-105H,7-14,21-24,32-36,84H2,1-6H3,(H2,85,100)(H,88,110)(H,89,106)(H,90,109)(H,91,111)(H,92,107)(H,93,108)(H,112,113)/t38-,44?,49-,50+,57+,59-,61+,62+,63-,64+,65-,66+,67+,68+,69-,71+,72+,80-,81-/m0/s1. The molecule has 11 bridgehead atoms. The van der Waals surface area contributed by atoms with Gasteiger partial charge in [-0.1, -0.05) is 107 Å². The molecule has 5 aromatic carbocycles. The predicted molar refractivity (Wildman–Crippen MR) is 427 cm³/mol. The third-order valence-corrected chi connectivity index (χ3v) is 22.3. The molecular formula is C81H107Cl2N11O25. The first-order chi connectivity index (χ1) is 56.5. The number of unbranched alkanes of at least 4 members (excludes halogenated alkanes) is 7. The van der Waals surface area contributed by atoms with Crippen molar-refractivity contribution in [3.8, 4) is 57.1 Å². The van der Waals surface area contributed by atoms with Gasteiger partial charge in [0.05, 0.1) is 47.4 Å². The number of phenolic OH excluding ortho intramolecular Hbond substituents is 3. The fourth-order valence-electron chi connectivity index (χ4n) is 15.2. The van der Waals surface area contributed by atoms with Crippen molar-refractivity contribution < 1.29 is 123 Å². The van der Waals surface area contributed by atoms with Crippen LogP contribution in [0.1, 0.15) is 163 Å². The molecule has 0 aliphatic carbocycles. The number of aliphatic hydroxyl groups is 7. The molecule has 36 nitrogen and oxygen atoms in total. The lowest BCUT2D eigenvalue weighted by atomic mass is 9.85. The molecule has 7 aliphatic rings. The van der Waals surface area contributed by atoms with Gasteiger partial charge in [0.25, 0.3) is 0 Å². The summed E-state index contributed by atoms with van der Waals surface area (Å²) in [5, 5.41) is 147. The molecule has 7 heterocycles. The maximum absolute atomic E-state index is 16.3. The molecular weight excluding hydrogens is 1600 g/mol. The van der Waals surface area contributed by atoms with Crippen LogP contribution in [-0.2, 0) is 52.6 Å². The van der Waals surface area contributed by atoms with Crippen molar-refractivity contribution in [1.82, 2.24) is 47.4 Å². The minimum atomic E-state index is -2.37. The zero-order chi connectivity index (χ0) is 86.6. The highest BCUT2D eigenvalue weighted by Gasteiger charge is 2.52. The molecule has 0 saturated carbocycles. The average Bonchev–Trinajstić information content (AvgIpc) is 0.587. The fraction of sp³-hybridized carbons (Fsp3) is 0.531. The second-order valence-corrected chi connectivity index (χ2v) is 32.1. The highest BCUT2D eigenvalue weighted by molar-refractivity contribution is 6.32. The second-order valence-electron chi connectivity index (χ2n) is 31.3. The zero-order valence-corrected chi connectivity index (χ0v) is 68.0. The lowest BCUT2D eigenvalue weighted by molar-refractivity contribution is -0.331. The van der Waals surface area contributed by atoms with E-state index in [4.69, 9.17) is 63.1 Å². The fourth-order valence-corrected chi connectivity index (χ4v) is 15.7. The molecule has 12 rings (SSSR count). The molecule has 2 saturated heterocycles. The summed E-state index contributed by atoms with van der Waals surface area (Å²) in [6.45, 7) is 9.32. The number of halogens is 2. The molecule has 0 aromatic heterocycles. The number of likely N-dealkylation sites (N-methyl/N-ethyl adjacent to an activating group) is 1. The first kappa shape index (κ1) is 92.0. The summed E-state index contributed by atoms with van der Waals surface area (Å²) in [7, 11) is 1.46. The van der Waals surface area contributed by atoms with E-state index < -0.39 is 244 Å². The minimum absolute atomic E-state index is 0.0617. The number of carboxylic acids is 1. The number of primary amides is 1. The van der Waals surface area contributed by atoms with E-state index in [1.165, 1.54) is 56.2 Å². The van der Waals surface area contributed by atoms with Crippen LogP contribution >= 0.6 is 23.2 Å². The van der Waals surface area contributed by atoms with Gasteiger partial charge in [-0.2, -0.15) is 0 Å². The number of carboxylic acid groups (broad SMARTS) is 1. The van der Waals surface area contributed by atoms with Crippen molar-refractivity contribution in [3.05, 3.63) is 117 Å². The summed E-state index contributed by atoms with van der Waals surface area (Å²) in [4.78, 5) is 121. The number of carbonyl (C=O) groups is 8. The van der Waals surface area contributed by atoms with Gasteiger partial charge >= 0.3 is 5.97 Å². The number of hydrogen-bond donors (Lipinski definition) is 21. The molecule has 23 N–H and O–H groups in total. The van der Waals surface area contributed by atoms with E-state index in [2.05, 4.69) is 49.5 Å². The summed E-state index contributed by atoms with van der Waals surface area (Å²) >= 11 is 14.4. The Hall–Kier alpha value is -9.32. The average molecular weight is 1710 g/mol. The Labute approximate surface area is 695 Å². The van der Waals surface area contributed by atoms with E-state index in [0.29, 0.717) is 13.1 Å². The van der Waals surface area contributed by atoms with E-state index in [1.54, 1.807) is 27.7 Å². The van der Waals surface area contributed by atoms with Crippen LogP contribution in [-0.4, -0.2) is 240 Å². The van der Waals surface area contributed by atoms with Gasteiger partial charge in [-0.05, 0) is 123 Å². The lowest BCUT2D eigenvalue weighted by Gasteiger charge is -2.48. The molecule has 19 atom stereocenters. The Kier molecular flexibility index (Phi) is 31.6. The van der Waals surface area contributed by atoms with Gasteiger partial charge in [-0.15, -0.1) is 0 Å². The van der Waals surface area contributed by atoms with E-state index in [1.807, 2.05) is 0 Å². The highest BCUT2D eigenvalue weighted by Crippen LogP contribution is 2.50. The van der Waals surface area contributed by atoms with Gasteiger partial charge in [0.15, 0.2) is 29.9 Å². The number of phenols is 3. The summed E-state index contributed by atoms with van der Waals surface area (Å²) in [5.74, 6) is -16.3. The van der Waals surface area contributed by atoms with E-state index in [0.717, 1.165) is 92.5 Å². The van der Waals surface area contributed by atoms with Crippen molar-refractivity contribution in [2.75, 3.05) is 46.4 Å². The molecule has 650 valence electrons. The minimum Gasteiger partial charge on any atom is -0.508 e. The van der Waals surface area contributed by atoms with Gasteiger partial charge in [-0.3, -0.25) is 38.5 Å². The quantitative estimate of drug-likeness (QED) is 0.0306. The smallest absolute Gasteiger partial charge is 0.330 e. The van der Waals surface area contributed by atoms with Crippen molar-refractivity contribution in [2.24, 2.45) is 17.4 Å². The van der Waals surface area contributed by atoms with Crippen molar-refractivity contribution in [2.45, 2.75) is 221 Å². The van der Waals surface area contributed by atoms with E-state index in [-0.39, 0.29) is 58.5 Å². The zero-order valence-electron chi connectivity index (χ0n) is 66.5. The van der Waals surface area contributed by atoms with Gasteiger partial charge in [0, 0.05) is 60.9 Å². The number of amides is 7. The first-order valence-electron chi connectivity index (χ1n) is 39.6.